The molecule has 0 saturated carbocycles. The van der Waals surface area contributed by atoms with E-state index in [4.69, 9.17) is 4.74 Å². The van der Waals surface area contributed by atoms with E-state index < -0.39 is 0 Å². The number of rotatable bonds is 5. The SMILES string of the molecule is COc1ccc2c(Sc3ccccc3)c(C(=O)N3CCN(c4cc(C)ccc4C)CC3)[nH]c2c1. The first-order chi connectivity index (χ1) is 16.5. The Morgan fingerprint density at radius 3 is 2.44 bits per heavy atom. The Bertz CT molecular complexity index is 1320. The van der Waals surface area contributed by atoms with Gasteiger partial charge in [0.1, 0.15) is 11.4 Å². The van der Waals surface area contributed by atoms with Crippen LogP contribution >= 0.6 is 11.8 Å². The molecule has 0 radical (unpaired) electrons. The second-order valence-corrected chi connectivity index (χ2v) is 9.81. The molecule has 1 saturated heterocycles. The summed E-state index contributed by atoms with van der Waals surface area (Å²) >= 11 is 1.63. The number of nitrogens with one attached hydrogen (secondary N) is 1. The van der Waals surface area contributed by atoms with Crippen molar-refractivity contribution in [1.29, 1.82) is 0 Å². The van der Waals surface area contributed by atoms with Gasteiger partial charge < -0.3 is 19.5 Å². The molecule has 0 unspecified atom stereocenters. The molecule has 0 aliphatic carbocycles. The minimum absolute atomic E-state index is 0.0502. The Morgan fingerprint density at radius 2 is 1.71 bits per heavy atom. The Kier molecular flexibility index (Phi) is 6.24. The number of hydrogen-bond acceptors (Lipinski definition) is 4. The number of amides is 1. The van der Waals surface area contributed by atoms with Crippen LogP contribution in [0.1, 0.15) is 21.6 Å². The van der Waals surface area contributed by atoms with Crippen molar-refractivity contribution in [1.82, 2.24) is 9.88 Å². The summed E-state index contributed by atoms with van der Waals surface area (Å²) in [4.78, 5) is 23.6. The number of piperazine rings is 1. The van der Waals surface area contributed by atoms with Crippen LogP contribution in [0.15, 0.2) is 76.5 Å². The van der Waals surface area contributed by atoms with Crippen LogP contribution in [0.2, 0.25) is 0 Å². The molecule has 4 aromatic rings. The third-order valence-electron chi connectivity index (χ3n) is 6.41. The third-order valence-corrected chi connectivity index (χ3v) is 7.54. The highest BCUT2D eigenvalue weighted by molar-refractivity contribution is 7.99. The van der Waals surface area contributed by atoms with Crippen LogP contribution < -0.4 is 9.64 Å². The lowest BCUT2D eigenvalue weighted by atomic mass is 10.1. The van der Waals surface area contributed by atoms with Crippen LogP contribution in [0.3, 0.4) is 0 Å². The molecule has 2 heterocycles. The summed E-state index contributed by atoms with van der Waals surface area (Å²) in [6.45, 7) is 7.31. The number of carbonyl (C=O) groups excluding carboxylic acids is 1. The number of aromatic nitrogens is 1. The van der Waals surface area contributed by atoms with Gasteiger partial charge >= 0.3 is 0 Å². The van der Waals surface area contributed by atoms with Crippen molar-refractivity contribution >= 4 is 34.3 Å². The molecule has 1 N–H and O–H groups in total. The maximum Gasteiger partial charge on any atom is 0.271 e. The van der Waals surface area contributed by atoms with Crippen molar-refractivity contribution in [3.05, 3.63) is 83.6 Å². The van der Waals surface area contributed by atoms with Gasteiger partial charge in [0, 0.05) is 48.2 Å². The first kappa shape index (κ1) is 22.4. The lowest BCUT2D eigenvalue weighted by Crippen LogP contribution is -2.49. The van der Waals surface area contributed by atoms with Crippen molar-refractivity contribution in [3.8, 4) is 5.75 Å². The Morgan fingerprint density at radius 1 is 0.941 bits per heavy atom. The molecule has 174 valence electrons. The number of nitrogens with zero attached hydrogens (tertiary/aromatic N) is 2. The monoisotopic (exact) mass is 471 g/mol. The van der Waals surface area contributed by atoms with Gasteiger partial charge in [0.2, 0.25) is 0 Å². The molecule has 0 bridgehead atoms. The summed E-state index contributed by atoms with van der Waals surface area (Å²) in [5.74, 6) is 0.820. The first-order valence-electron chi connectivity index (χ1n) is 11.6. The van der Waals surface area contributed by atoms with Crippen LogP contribution in [0.5, 0.6) is 5.75 Å². The lowest BCUT2D eigenvalue weighted by Gasteiger charge is -2.37. The van der Waals surface area contributed by atoms with Gasteiger partial charge in [0.25, 0.3) is 5.91 Å². The number of anilines is 1. The quantitative estimate of drug-likeness (QED) is 0.393. The maximum absolute atomic E-state index is 13.7. The highest BCUT2D eigenvalue weighted by Crippen LogP contribution is 2.38. The van der Waals surface area contributed by atoms with Gasteiger partial charge in [0.05, 0.1) is 17.5 Å². The molecular formula is C28H29N3O2S. The summed E-state index contributed by atoms with van der Waals surface area (Å²) in [7, 11) is 1.66. The number of benzene rings is 3. The molecule has 1 amide bonds. The first-order valence-corrected chi connectivity index (χ1v) is 12.4. The van der Waals surface area contributed by atoms with Gasteiger partial charge in [-0.05, 0) is 55.3 Å². The van der Waals surface area contributed by atoms with E-state index in [1.54, 1.807) is 18.9 Å². The van der Waals surface area contributed by atoms with Crippen molar-refractivity contribution in [3.63, 3.8) is 0 Å². The highest BCUT2D eigenvalue weighted by Gasteiger charge is 2.27. The molecule has 1 aromatic heterocycles. The van der Waals surface area contributed by atoms with Crippen molar-refractivity contribution in [2.75, 3.05) is 38.2 Å². The number of ether oxygens (including phenoxy) is 1. The zero-order valence-electron chi connectivity index (χ0n) is 19.8. The Balaban J connectivity index is 1.42. The Labute approximate surface area is 204 Å². The molecule has 1 aliphatic heterocycles. The number of aromatic amines is 1. The van der Waals surface area contributed by atoms with Gasteiger partial charge in [-0.3, -0.25) is 4.79 Å². The van der Waals surface area contributed by atoms with E-state index in [1.807, 2.05) is 41.3 Å². The van der Waals surface area contributed by atoms with E-state index in [9.17, 15) is 4.79 Å². The van der Waals surface area contributed by atoms with Crippen LogP contribution in [0.4, 0.5) is 5.69 Å². The molecular weight excluding hydrogens is 442 g/mol. The number of aryl methyl sites for hydroxylation is 2. The number of carbonyl (C=O) groups is 1. The number of fused-ring (bicyclic) bond motifs is 1. The van der Waals surface area contributed by atoms with Crippen molar-refractivity contribution in [2.24, 2.45) is 0 Å². The molecule has 34 heavy (non-hydrogen) atoms. The molecule has 1 fully saturated rings. The number of H-pyrrole nitrogens is 1. The summed E-state index contributed by atoms with van der Waals surface area (Å²) in [6, 6.07) is 22.7. The van der Waals surface area contributed by atoms with Crippen LogP contribution in [-0.4, -0.2) is 49.1 Å². The van der Waals surface area contributed by atoms with E-state index in [1.165, 1.54) is 16.8 Å². The molecule has 6 heteroatoms. The fourth-order valence-corrected chi connectivity index (χ4v) is 5.57. The van der Waals surface area contributed by atoms with Gasteiger partial charge in [-0.2, -0.15) is 0 Å². The topological polar surface area (TPSA) is 48.6 Å². The molecule has 5 rings (SSSR count). The Hall–Kier alpha value is -3.38. The zero-order chi connectivity index (χ0) is 23.7. The van der Waals surface area contributed by atoms with E-state index in [-0.39, 0.29) is 5.91 Å². The second-order valence-electron chi connectivity index (χ2n) is 8.72. The summed E-state index contributed by atoms with van der Waals surface area (Å²) in [6.07, 6.45) is 0. The zero-order valence-corrected chi connectivity index (χ0v) is 20.6. The minimum Gasteiger partial charge on any atom is -0.497 e. The van der Waals surface area contributed by atoms with Gasteiger partial charge in [-0.1, -0.05) is 42.1 Å². The molecule has 0 spiro atoms. The van der Waals surface area contributed by atoms with Crippen molar-refractivity contribution < 1.29 is 9.53 Å². The van der Waals surface area contributed by atoms with E-state index in [0.717, 1.165) is 39.5 Å². The number of hydrogen-bond donors (Lipinski definition) is 1. The normalized spacial score (nSPS) is 14.0. The average Bonchev–Trinajstić information content (AvgIpc) is 3.23. The molecule has 0 atom stereocenters. The van der Waals surface area contributed by atoms with E-state index in [2.05, 4.69) is 54.1 Å². The lowest BCUT2D eigenvalue weighted by molar-refractivity contribution is 0.0738. The van der Waals surface area contributed by atoms with Crippen LogP contribution in [-0.2, 0) is 0 Å². The number of methoxy groups -OCH3 is 1. The molecule has 3 aromatic carbocycles. The third kappa shape index (κ3) is 4.38. The fraction of sp³-hybridized carbons (Fsp3) is 0.250. The van der Waals surface area contributed by atoms with E-state index in [0.29, 0.717) is 18.8 Å². The largest absolute Gasteiger partial charge is 0.497 e. The summed E-state index contributed by atoms with van der Waals surface area (Å²) in [5.41, 5.74) is 5.37. The smallest absolute Gasteiger partial charge is 0.271 e. The van der Waals surface area contributed by atoms with Crippen LogP contribution in [0, 0.1) is 13.8 Å². The van der Waals surface area contributed by atoms with Crippen LogP contribution in [0.25, 0.3) is 10.9 Å². The minimum atomic E-state index is 0.0502. The average molecular weight is 472 g/mol. The van der Waals surface area contributed by atoms with Gasteiger partial charge in [-0.15, -0.1) is 0 Å². The highest BCUT2D eigenvalue weighted by atomic mass is 32.2. The summed E-state index contributed by atoms with van der Waals surface area (Å²) < 4.78 is 5.41. The van der Waals surface area contributed by atoms with E-state index >= 15 is 0 Å². The van der Waals surface area contributed by atoms with Gasteiger partial charge in [-0.25, -0.2) is 0 Å². The van der Waals surface area contributed by atoms with Gasteiger partial charge in [0.15, 0.2) is 0 Å². The predicted octanol–water partition coefficient (Wildman–Crippen LogP) is 5.91. The maximum atomic E-state index is 13.7. The standard InChI is InChI=1S/C28H29N3O2S/c1-19-9-10-20(2)25(17-19)30-13-15-31(16-14-30)28(32)26-27(34-22-7-5-4-6-8-22)23-12-11-21(33-3)18-24(23)29-26/h4-12,17-18,29H,13-16H2,1-3H3. The van der Waals surface area contributed by atoms with Crippen molar-refractivity contribution in [2.45, 2.75) is 23.6 Å². The molecule has 5 nitrogen and oxygen atoms in total. The summed E-state index contributed by atoms with van der Waals surface area (Å²) in [5, 5.41) is 1.03. The fourth-order valence-electron chi connectivity index (χ4n) is 4.51. The second kappa shape index (κ2) is 9.47. The predicted molar refractivity (Wildman–Crippen MR) is 139 cm³/mol. The molecule has 1 aliphatic rings.